The number of hydrogen-bond donors (Lipinski definition) is 6. The summed E-state index contributed by atoms with van der Waals surface area (Å²) in [6, 6.07) is 22.9. The fraction of sp³-hybridized carbons (Fsp3) is 0.333. The van der Waals surface area contributed by atoms with Gasteiger partial charge in [-0.25, -0.2) is 14.4 Å². The number of amides is 7. The number of H-pyrrole nitrogens is 2. The number of nitrogens with two attached hydrogens (primary N) is 1. The first-order valence-electron chi connectivity index (χ1n) is 24.8. The molecule has 9 rings (SSSR count). The maximum atomic E-state index is 14.3. The van der Waals surface area contributed by atoms with Gasteiger partial charge in [0.15, 0.2) is 5.75 Å². The minimum atomic E-state index is -0.632. The zero-order valence-corrected chi connectivity index (χ0v) is 42.5. The molecule has 19 nitrogen and oxygen atoms in total. The maximum absolute atomic E-state index is 14.3. The molecular formula is C54H60N10O9S. The van der Waals surface area contributed by atoms with Crippen molar-refractivity contribution in [3.63, 3.8) is 0 Å². The van der Waals surface area contributed by atoms with Crippen LogP contribution < -0.4 is 36.1 Å². The molecule has 0 aliphatic carbocycles. The average molecular weight is 1030 g/mol. The van der Waals surface area contributed by atoms with Crippen LogP contribution in [0, 0.1) is 6.92 Å². The van der Waals surface area contributed by atoms with Crippen LogP contribution in [0.25, 0.3) is 31.9 Å². The number of aromatic amines is 2. The minimum Gasteiger partial charge on any atom is -0.492 e. The van der Waals surface area contributed by atoms with E-state index in [0.29, 0.717) is 79.6 Å². The second-order valence-electron chi connectivity index (χ2n) is 18.7. The van der Waals surface area contributed by atoms with E-state index in [1.165, 1.54) is 34.0 Å². The lowest BCUT2D eigenvalue weighted by molar-refractivity contribution is -0.116. The topological polar surface area (TPSA) is 237 Å². The molecule has 1 fully saturated rings. The number of hydrogen-bond acceptors (Lipinski definition) is 11. The molecule has 4 aromatic carbocycles. The molecule has 74 heavy (non-hydrogen) atoms. The highest BCUT2D eigenvalue weighted by Gasteiger charge is 2.31. The summed E-state index contributed by atoms with van der Waals surface area (Å²) in [5.41, 5.74) is 11.9. The summed E-state index contributed by atoms with van der Waals surface area (Å²) in [7, 11) is 3.16. The Morgan fingerprint density at radius 1 is 0.784 bits per heavy atom. The Hall–Kier alpha value is -8.10. The standard InChI is InChI=1S/C54H60N10O9S/c1-33-32-74-49-46(73-54(70)62(3)23-22-61(2)53(69)72-31-34-9-11-37(12-10-34)57-47(65)8-4-5-18-56-52(55)68)30-45-40(48(33)49)17-21-64(45)51(67)44-29-35-26-38(13-15-41(35)60-44)58-50(66)43-28-36-27-39(14-16-42(36)59-43)71-25-24-63-19-6-7-20-63/h9-16,26-30,32,59-60H,4-8,17-25,31H2,1-3H3,(H,57,65)(H,58,66)(H3,55,56,68). The lowest BCUT2D eigenvalue weighted by Gasteiger charge is -2.22. The number of unbranched alkanes of at least 4 members (excludes halogenated alkanes) is 1. The molecule has 1 saturated heterocycles. The number of primary amides is 1. The van der Waals surface area contributed by atoms with Crippen molar-refractivity contribution in [3.8, 4) is 11.5 Å². The molecule has 0 spiro atoms. The lowest BCUT2D eigenvalue weighted by atomic mass is 10.0. The first-order chi connectivity index (χ1) is 35.8. The van der Waals surface area contributed by atoms with Crippen molar-refractivity contribution in [2.24, 2.45) is 5.73 Å². The Balaban J connectivity index is 0.776. The number of carbonyl (C=O) groups is 6. The molecule has 386 valence electrons. The number of aromatic nitrogens is 2. The SMILES string of the molecule is Cc1csc2c(OC(=O)N(C)CCN(C)C(=O)OCc3ccc(NC(=O)CCCCNC(N)=O)cc3)cc3c(c12)CCN3C(=O)c1cc2cc(NC(=O)c3cc4cc(OCCN5CCCC5)ccc4[nH]3)ccc2[nH]1. The molecule has 0 atom stereocenters. The van der Waals surface area contributed by atoms with Crippen LogP contribution in [0.1, 0.15) is 69.8 Å². The number of ether oxygens (including phenoxy) is 3. The van der Waals surface area contributed by atoms with E-state index < -0.39 is 18.2 Å². The van der Waals surface area contributed by atoms with Crippen molar-refractivity contribution in [3.05, 3.63) is 112 Å². The number of likely N-dealkylation sites (tertiary alicyclic amines) is 1. The van der Waals surface area contributed by atoms with Gasteiger partial charge in [-0.05, 0) is 135 Å². The van der Waals surface area contributed by atoms with Crippen LogP contribution in [0.4, 0.5) is 31.4 Å². The van der Waals surface area contributed by atoms with Gasteiger partial charge in [-0.2, -0.15) is 0 Å². The van der Waals surface area contributed by atoms with Crippen molar-refractivity contribution >= 4 is 96.2 Å². The van der Waals surface area contributed by atoms with Gasteiger partial charge in [0.05, 0.1) is 10.4 Å². The van der Waals surface area contributed by atoms with E-state index >= 15 is 0 Å². The van der Waals surface area contributed by atoms with Crippen LogP contribution in [-0.2, 0) is 22.6 Å². The quantitative estimate of drug-likeness (QED) is 0.0422. The number of benzene rings is 4. The van der Waals surface area contributed by atoms with Crippen molar-refractivity contribution in [1.82, 2.24) is 30.0 Å². The molecule has 0 unspecified atom stereocenters. The summed E-state index contributed by atoms with van der Waals surface area (Å²) in [5, 5.41) is 12.9. The molecule has 5 heterocycles. The average Bonchev–Trinajstić information content (AvgIpc) is 4.26. The number of thiophene rings is 1. The number of anilines is 3. The summed E-state index contributed by atoms with van der Waals surface area (Å²) in [4.78, 5) is 90.6. The van der Waals surface area contributed by atoms with Crippen LogP contribution >= 0.6 is 11.3 Å². The minimum absolute atomic E-state index is 0.00135. The molecule has 3 aromatic heterocycles. The van der Waals surface area contributed by atoms with Crippen LogP contribution in [0.3, 0.4) is 0 Å². The molecule has 7 amide bonds. The first-order valence-corrected chi connectivity index (χ1v) is 25.6. The van der Waals surface area contributed by atoms with E-state index in [-0.39, 0.29) is 37.4 Å². The normalized spacial score (nSPS) is 13.3. The number of likely N-dealkylation sites (N-methyl/N-ethyl adjacent to an activating group) is 2. The van der Waals surface area contributed by atoms with Gasteiger partial charge in [-0.3, -0.25) is 19.3 Å². The van der Waals surface area contributed by atoms with Crippen molar-refractivity contribution in [2.45, 2.75) is 52.1 Å². The Morgan fingerprint density at radius 3 is 2.26 bits per heavy atom. The second kappa shape index (κ2) is 22.8. The van der Waals surface area contributed by atoms with Gasteiger partial charge in [0.2, 0.25) is 5.91 Å². The predicted molar refractivity (Wildman–Crippen MR) is 286 cm³/mol. The third kappa shape index (κ3) is 12.0. The molecule has 0 saturated carbocycles. The molecule has 20 heteroatoms. The van der Waals surface area contributed by atoms with E-state index in [9.17, 15) is 28.8 Å². The highest BCUT2D eigenvalue weighted by atomic mass is 32.1. The molecule has 2 aliphatic rings. The third-order valence-electron chi connectivity index (χ3n) is 13.3. The van der Waals surface area contributed by atoms with Crippen molar-refractivity contribution in [2.75, 3.05) is 82.0 Å². The number of nitrogens with one attached hydrogen (secondary N) is 5. The Kier molecular flexibility index (Phi) is 15.6. The molecule has 0 bridgehead atoms. The number of rotatable bonds is 19. The Bertz CT molecular complexity index is 3230. The van der Waals surface area contributed by atoms with Crippen molar-refractivity contribution in [1.29, 1.82) is 0 Å². The van der Waals surface area contributed by atoms with Crippen LogP contribution in [0.5, 0.6) is 11.5 Å². The van der Waals surface area contributed by atoms with Crippen LogP contribution in [0.2, 0.25) is 0 Å². The Morgan fingerprint density at radius 2 is 1.49 bits per heavy atom. The highest BCUT2D eigenvalue weighted by Crippen LogP contribution is 2.45. The number of aryl methyl sites for hydroxylation is 1. The summed E-state index contributed by atoms with van der Waals surface area (Å²) in [6.07, 6.45) is 3.39. The van der Waals surface area contributed by atoms with E-state index in [1.807, 2.05) is 48.7 Å². The summed E-state index contributed by atoms with van der Waals surface area (Å²) in [6.45, 7) is 6.88. The molecule has 2 aliphatic heterocycles. The van der Waals surface area contributed by atoms with Gasteiger partial charge < -0.3 is 60.6 Å². The zero-order valence-electron chi connectivity index (χ0n) is 41.6. The molecule has 7 N–H and O–H groups in total. The van der Waals surface area contributed by atoms with Crippen LogP contribution in [-0.4, -0.2) is 127 Å². The van der Waals surface area contributed by atoms with E-state index in [2.05, 4.69) is 30.8 Å². The summed E-state index contributed by atoms with van der Waals surface area (Å²) < 4.78 is 18.4. The van der Waals surface area contributed by atoms with E-state index in [0.717, 1.165) is 74.0 Å². The van der Waals surface area contributed by atoms with Gasteiger partial charge >= 0.3 is 18.2 Å². The largest absolute Gasteiger partial charge is 0.492 e. The predicted octanol–water partition coefficient (Wildman–Crippen LogP) is 8.58. The highest BCUT2D eigenvalue weighted by molar-refractivity contribution is 7.17. The third-order valence-corrected chi connectivity index (χ3v) is 14.5. The van der Waals surface area contributed by atoms with Gasteiger partial charge in [-0.15, -0.1) is 11.3 Å². The Labute approximate surface area is 431 Å². The second-order valence-corrected chi connectivity index (χ2v) is 19.6. The van der Waals surface area contributed by atoms with Gasteiger partial charge in [0, 0.05) is 97.9 Å². The van der Waals surface area contributed by atoms with E-state index in [4.69, 9.17) is 19.9 Å². The van der Waals surface area contributed by atoms with Crippen molar-refractivity contribution < 1.29 is 43.0 Å². The van der Waals surface area contributed by atoms with E-state index in [1.54, 1.807) is 61.5 Å². The fourth-order valence-electron chi connectivity index (χ4n) is 9.26. The number of nitrogens with zero attached hydrogens (tertiary/aromatic N) is 4. The van der Waals surface area contributed by atoms with Gasteiger partial charge in [0.25, 0.3) is 11.8 Å². The fourth-order valence-corrected chi connectivity index (χ4v) is 10.3. The number of carbonyl (C=O) groups excluding carboxylic acids is 6. The van der Waals surface area contributed by atoms with Crippen LogP contribution in [0.15, 0.2) is 84.2 Å². The lowest BCUT2D eigenvalue weighted by Crippen LogP contribution is -2.38. The summed E-state index contributed by atoms with van der Waals surface area (Å²) in [5.74, 6) is 0.382. The van der Waals surface area contributed by atoms with Gasteiger partial charge in [-0.1, -0.05) is 12.1 Å². The summed E-state index contributed by atoms with van der Waals surface area (Å²) >= 11 is 1.47. The first kappa shape index (κ1) is 50.8. The number of urea groups is 1. The smallest absolute Gasteiger partial charge is 0.415 e. The molecule has 0 radical (unpaired) electrons. The number of fused-ring (bicyclic) bond motifs is 5. The maximum Gasteiger partial charge on any atom is 0.415 e. The monoisotopic (exact) mass is 1020 g/mol. The van der Waals surface area contributed by atoms with Gasteiger partial charge in [0.1, 0.15) is 30.4 Å². The molecule has 7 aromatic rings. The zero-order chi connectivity index (χ0) is 51.9. The molecular weight excluding hydrogens is 965 g/mol.